The summed E-state index contributed by atoms with van der Waals surface area (Å²) in [6.07, 6.45) is 0.423. The van der Waals surface area contributed by atoms with Gasteiger partial charge in [0.15, 0.2) is 0 Å². The van der Waals surface area contributed by atoms with E-state index in [2.05, 4.69) is 15.4 Å². The second-order valence-corrected chi connectivity index (χ2v) is 10.0. The first-order valence-corrected chi connectivity index (χ1v) is 12.6. The second-order valence-electron chi connectivity index (χ2n) is 8.36. The number of sulfonamides is 1. The average molecular weight is 496 g/mol. The number of para-hydroxylation sites is 2. The van der Waals surface area contributed by atoms with E-state index in [0.29, 0.717) is 23.5 Å². The van der Waals surface area contributed by atoms with Crippen molar-refractivity contribution in [1.82, 2.24) is 5.32 Å². The Balaban J connectivity index is 1.67. The molecule has 0 bridgehead atoms. The van der Waals surface area contributed by atoms with Crippen molar-refractivity contribution in [3.8, 4) is 5.75 Å². The Hall–Kier alpha value is -3.85. The first-order valence-electron chi connectivity index (χ1n) is 11.1. The minimum atomic E-state index is -3.95. The normalized spacial score (nSPS) is 11.1. The molecule has 35 heavy (non-hydrogen) atoms. The largest absolute Gasteiger partial charge is 0.495 e. The van der Waals surface area contributed by atoms with Crippen molar-refractivity contribution < 1.29 is 22.7 Å². The van der Waals surface area contributed by atoms with Crippen molar-refractivity contribution in [2.75, 3.05) is 17.1 Å². The van der Waals surface area contributed by atoms with E-state index in [0.717, 1.165) is 5.56 Å². The number of rotatable bonds is 10. The molecule has 9 heteroatoms. The molecule has 0 radical (unpaired) electrons. The lowest BCUT2D eigenvalue weighted by Crippen LogP contribution is -2.23. The lowest BCUT2D eigenvalue weighted by molar-refractivity contribution is -0.116. The zero-order valence-electron chi connectivity index (χ0n) is 19.9. The molecular formula is C26H29N3O5S. The van der Waals surface area contributed by atoms with Crippen LogP contribution < -0.4 is 20.1 Å². The lowest BCUT2D eigenvalue weighted by Gasteiger charge is -2.12. The average Bonchev–Trinajstić information content (AvgIpc) is 2.82. The maximum atomic E-state index is 12.9. The number of hydrogen-bond donors (Lipinski definition) is 3. The van der Waals surface area contributed by atoms with Crippen LogP contribution >= 0.6 is 0 Å². The van der Waals surface area contributed by atoms with E-state index in [-0.39, 0.29) is 28.8 Å². The number of hydrogen-bond acceptors (Lipinski definition) is 5. The summed E-state index contributed by atoms with van der Waals surface area (Å²) in [6, 6.07) is 19.6. The molecule has 0 fully saturated rings. The summed E-state index contributed by atoms with van der Waals surface area (Å²) >= 11 is 0. The van der Waals surface area contributed by atoms with Gasteiger partial charge in [-0.15, -0.1) is 0 Å². The van der Waals surface area contributed by atoms with E-state index >= 15 is 0 Å². The van der Waals surface area contributed by atoms with Crippen molar-refractivity contribution in [2.24, 2.45) is 5.92 Å². The maximum Gasteiger partial charge on any atom is 0.262 e. The molecule has 0 saturated heterocycles. The van der Waals surface area contributed by atoms with Crippen LogP contribution in [-0.4, -0.2) is 27.3 Å². The van der Waals surface area contributed by atoms with Crippen molar-refractivity contribution in [1.29, 1.82) is 0 Å². The van der Waals surface area contributed by atoms with Gasteiger partial charge in [-0.3, -0.25) is 14.3 Å². The predicted molar refractivity (Wildman–Crippen MR) is 136 cm³/mol. The van der Waals surface area contributed by atoms with Gasteiger partial charge in [0.25, 0.3) is 15.9 Å². The standard InChI is InChI=1S/C26H29N3O5S/c1-18(2)14-25(30)28-21-10-6-8-19(15-21)17-27-26(31)20-9-7-11-22(16-20)35(32,33)29-23-12-4-5-13-24(23)34-3/h4-13,15-16,18,29H,14,17H2,1-3H3,(H,27,31)(H,28,30). The molecule has 0 aliphatic rings. The van der Waals surface area contributed by atoms with E-state index in [4.69, 9.17) is 4.74 Å². The van der Waals surface area contributed by atoms with Gasteiger partial charge in [-0.2, -0.15) is 0 Å². The highest BCUT2D eigenvalue weighted by molar-refractivity contribution is 7.92. The molecule has 8 nitrogen and oxygen atoms in total. The summed E-state index contributed by atoms with van der Waals surface area (Å²) in [5.74, 6) is 0.143. The molecule has 0 unspecified atom stereocenters. The van der Waals surface area contributed by atoms with Crippen molar-refractivity contribution >= 4 is 33.2 Å². The first kappa shape index (κ1) is 25.8. The third-order valence-electron chi connectivity index (χ3n) is 5.02. The molecule has 184 valence electrons. The summed E-state index contributed by atoms with van der Waals surface area (Å²) in [7, 11) is -2.49. The summed E-state index contributed by atoms with van der Waals surface area (Å²) in [4.78, 5) is 24.7. The van der Waals surface area contributed by atoms with Crippen LogP contribution in [0.3, 0.4) is 0 Å². The zero-order chi connectivity index (χ0) is 25.4. The van der Waals surface area contributed by atoms with Crippen molar-refractivity contribution in [3.05, 3.63) is 83.9 Å². The highest BCUT2D eigenvalue weighted by atomic mass is 32.2. The van der Waals surface area contributed by atoms with Gasteiger partial charge >= 0.3 is 0 Å². The molecular weight excluding hydrogens is 466 g/mol. The summed E-state index contributed by atoms with van der Waals surface area (Å²) in [5, 5.41) is 5.64. The van der Waals surface area contributed by atoms with Crippen LogP contribution in [0, 0.1) is 5.92 Å². The summed E-state index contributed by atoms with van der Waals surface area (Å²) in [6.45, 7) is 4.16. The Labute approximate surface area is 205 Å². The van der Waals surface area contributed by atoms with E-state index in [1.54, 1.807) is 48.5 Å². The van der Waals surface area contributed by atoms with Crippen LogP contribution in [0.4, 0.5) is 11.4 Å². The molecule has 0 aliphatic carbocycles. The molecule has 2 amide bonds. The van der Waals surface area contributed by atoms with E-state index < -0.39 is 15.9 Å². The molecule has 0 aromatic heterocycles. The number of carbonyl (C=O) groups is 2. The molecule has 0 aliphatic heterocycles. The maximum absolute atomic E-state index is 12.9. The number of nitrogens with one attached hydrogen (secondary N) is 3. The molecule has 0 heterocycles. The highest BCUT2D eigenvalue weighted by Gasteiger charge is 2.18. The minimum absolute atomic E-state index is 0.0501. The first-order chi connectivity index (χ1) is 16.7. The van der Waals surface area contributed by atoms with Gasteiger partial charge in [0.05, 0.1) is 17.7 Å². The molecule has 3 rings (SSSR count). The third-order valence-corrected chi connectivity index (χ3v) is 6.38. The third kappa shape index (κ3) is 7.31. The smallest absolute Gasteiger partial charge is 0.262 e. The topological polar surface area (TPSA) is 114 Å². The summed E-state index contributed by atoms with van der Waals surface area (Å²) < 4.78 is 33.5. The Morgan fingerprint density at radius 1 is 0.943 bits per heavy atom. The monoisotopic (exact) mass is 495 g/mol. The van der Waals surface area contributed by atoms with Gasteiger partial charge in [0.1, 0.15) is 5.75 Å². The van der Waals surface area contributed by atoms with Crippen molar-refractivity contribution in [3.63, 3.8) is 0 Å². The van der Waals surface area contributed by atoms with Gasteiger partial charge in [-0.05, 0) is 53.9 Å². The second kappa shape index (κ2) is 11.5. The number of methoxy groups -OCH3 is 1. The lowest BCUT2D eigenvalue weighted by atomic mass is 10.1. The van der Waals surface area contributed by atoms with Gasteiger partial charge in [-0.1, -0.05) is 44.2 Å². The van der Waals surface area contributed by atoms with E-state index in [9.17, 15) is 18.0 Å². The number of anilines is 2. The van der Waals surface area contributed by atoms with Gasteiger partial charge in [0.2, 0.25) is 5.91 Å². The fourth-order valence-corrected chi connectivity index (χ4v) is 4.48. The van der Waals surface area contributed by atoms with Gasteiger partial charge in [-0.25, -0.2) is 8.42 Å². The SMILES string of the molecule is COc1ccccc1NS(=O)(=O)c1cccc(C(=O)NCc2cccc(NC(=O)CC(C)C)c2)c1. The molecule has 3 aromatic rings. The molecule has 3 N–H and O–H groups in total. The van der Waals surface area contributed by atoms with Gasteiger partial charge < -0.3 is 15.4 Å². The fraction of sp³-hybridized carbons (Fsp3) is 0.231. The number of ether oxygens (including phenoxy) is 1. The zero-order valence-corrected chi connectivity index (χ0v) is 20.7. The van der Waals surface area contributed by atoms with Crippen LogP contribution in [0.2, 0.25) is 0 Å². The Kier molecular flexibility index (Phi) is 8.48. The van der Waals surface area contributed by atoms with Gasteiger partial charge in [0, 0.05) is 24.2 Å². The van der Waals surface area contributed by atoms with Crippen LogP contribution in [0.1, 0.15) is 36.2 Å². The van der Waals surface area contributed by atoms with Crippen LogP contribution in [-0.2, 0) is 21.4 Å². The predicted octanol–water partition coefficient (Wildman–Crippen LogP) is 4.41. The number of carbonyl (C=O) groups excluding carboxylic acids is 2. The Morgan fingerprint density at radius 3 is 2.43 bits per heavy atom. The van der Waals surface area contributed by atoms with Crippen molar-refractivity contribution in [2.45, 2.75) is 31.7 Å². The summed E-state index contributed by atoms with van der Waals surface area (Å²) in [5.41, 5.74) is 1.94. The fourth-order valence-electron chi connectivity index (χ4n) is 3.36. The molecule has 3 aromatic carbocycles. The number of benzene rings is 3. The molecule has 0 spiro atoms. The Morgan fingerprint density at radius 2 is 1.69 bits per heavy atom. The van der Waals surface area contributed by atoms with Crippen LogP contribution in [0.5, 0.6) is 5.75 Å². The molecule has 0 atom stereocenters. The van der Waals surface area contributed by atoms with Crippen LogP contribution in [0.25, 0.3) is 0 Å². The number of amides is 2. The van der Waals surface area contributed by atoms with Crippen LogP contribution in [0.15, 0.2) is 77.7 Å². The minimum Gasteiger partial charge on any atom is -0.495 e. The van der Waals surface area contributed by atoms with E-state index in [1.165, 1.54) is 25.3 Å². The highest BCUT2D eigenvalue weighted by Crippen LogP contribution is 2.26. The quantitative estimate of drug-likeness (QED) is 0.386. The van der Waals surface area contributed by atoms with E-state index in [1.807, 2.05) is 19.9 Å². The Bertz CT molecular complexity index is 1310. The molecule has 0 saturated carbocycles.